The molecular formula is C11H12N2O3. The summed E-state index contributed by atoms with van der Waals surface area (Å²) < 4.78 is 5.21. The fourth-order valence-corrected chi connectivity index (χ4v) is 1.60. The lowest BCUT2D eigenvalue weighted by atomic mass is 9.96. The van der Waals surface area contributed by atoms with E-state index in [2.05, 4.69) is 13.2 Å². The summed E-state index contributed by atoms with van der Waals surface area (Å²) in [6, 6.07) is 0. The SMILES string of the molecule is C=C1C(=C)C2=COCN(C)N2C=C1C(=O)O. The van der Waals surface area contributed by atoms with E-state index in [1.165, 1.54) is 6.20 Å². The summed E-state index contributed by atoms with van der Waals surface area (Å²) in [6.07, 6.45) is 3.08. The van der Waals surface area contributed by atoms with E-state index >= 15 is 0 Å². The highest BCUT2D eigenvalue weighted by Crippen LogP contribution is 2.33. The van der Waals surface area contributed by atoms with Crippen molar-refractivity contribution >= 4 is 5.97 Å². The first-order chi connectivity index (χ1) is 7.52. The molecule has 0 fully saturated rings. The third-order valence-electron chi connectivity index (χ3n) is 2.55. The van der Waals surface area contributed by atoms with Crippen LogP contribution in [0.2, 0.25) is 0 Å². The van der Waals surface area contributed by atoms with Crippen LogP contribution < -0.4 is 0 Å². The quantitative estimate of drug-likeness (QED) is 0.716. The zero-order valence-corrected chi connectivity index (χ0v) is 8.93. The highest BCUT2D eigenvalue weighted by Gasteiger charge is 2.30. The van der Waals surface area contributed by atoms with Crippen molar-refractivity contribution in [2.24, 2.45) is 0 Å². The molecule has 0 spiro atoms. The third-order valence-corrected chi connectivity index (χ3v) is 2.55. The molecule has 0 aromatic heterocycles. The highest BCUT2D eigenvalue weighted by atomic mass is 16.5. The Morgan fingerprint density at radius 3 is 2.81 bits per heavy atom. The fraction of sp³-hybridized carbons (Fsp3) is 0.182. The molecule has 0 aliphatic carbocycles. The minimum Gasteiger partial charge on any atom is -0.482 e. The second-order valence-corrected chi connectivity index (χ2v) is 3.61. The van der Waals surface area contributed by atoms with E-state index in [-0.39, 0.29) is 5.57 Å². The van der Waals surface area contributed by atoms with Crippen LogP contribution in [0.15, 0.2) is 48.0 Å². The van der Waals surface area contributed by atoms with E-state index in [0.717, 1.165) is 0 Å². The van der Waals surface area contributed by atoms with Crippen LogP contribution in [0.25, 0.3) is 0 Å². The van der Waals surface area contributed by atoms with Gasteiger partial charge in [-0.3, -0.25) is 5.01 Å². The van der Waals surface area contributed by atoms with E-state index < -0.39 is 5.97 Å². The van der Waals surface area contributed by atoms with Gasteiger partial charge in [0.05, 0.1) is 11.3 Å². The molecule has 0 saturated heterocycles. The van der Waals surface area contributed by atoms with Gasteiger partial charge in [-0.25, -0.2) is 4.79 Å². The Hall–Kier alpha value is -2.01. The maximum Gasteiger partial charge on any atom is 0.337 e. The van der Waals surface area contributed by atoms with Gasteiger partial charge in [0.15, 0.2) is 6.73 Å². The van der Waals surface area contributed by atoms with Gasteiger partial charge in [0.2, 0.25) is 0 Å². The average molecular weight is 220 g/mol. The Bertz CT molecular complexity index is 448. The Labute approximate surface area is 93.2 Å². The van der Waals surface area contributed by atoms with Gasteiger partial charge in [0.1, 0.15) is 6.26 Å². The Morgan fingerprint density at radius 1 is 1.50 bits per heavy atom. The summed E-state index contributed by atoms with van der Waals surface area (Å²) >= 11 is 0. The van der Waals surface area contributed by atoms with Gasteiger partial charge in [-0.15, -0.1) is 0 Å². The standard InChI is InChI=1S/C11H12N2O3/c1-7-8(2)10-5-16-6-12(3)13(10)4-9(7)11(14)15/h4-5H,1-2,6H2,3H3,(H,14,15). The number of ether oxygens (including phenoxy) is 1. The molecule has 16 heavy (non-hydrogen) atoms. The van der Waals surface area contributed by atoms with Crippen molar-refractivity contribution in [1.82, 2.24) is 10.0 Å². The van der Waals surface area contributed by atoms with Gasteiger partial charge in [0.25, 0.3) is 0 Å². The van der Waals surface area contributed by atoms with Gasteiger partial charge in [-0.2, -0.15) is 5.01 Å². The molecule has 2 rings (SSSR count). The van der Waals surface area contributed by atoms with E-state index in [4.69, 9.17) is 9.84 Å². The lowest BCUT2D eigenvalue weighted by Gasteiger charge is -2.39. The number of allylic oxidation sites excluding steroid dienone is 1. The molecule has 0 atom stereocenters. The van der Waals surface area contributed by atoms with Crippen LogP contribution in [0.3, 0.4) is 0 Å². The zero-order valence-electron chi connectivity index (χ0n) is 8.93. The van der Waals surface area contributed by atoms with Crippen molar-refractivity contribution in [3.8, 4) is 0 Å². The van der Waals surface area contributed by atoms with Crippen LogP contribution >= 0.6 is 0 Å². The molecule has 0 radical (unpaired) electrons. The summed E-state index contributed by atoms with van der Waals surface area (Å²) in [5.41, 5.74) is 1.83. The molecule has 2 aliphatic heterocycles. The molecule has 2 aliphatic rings. The first-order valence-electron chi connectivity index (χ1n) is 4.68. The van der Waals surface area contributed by atoms with Gasteiger partial charge in [-0.05, 0) is 5.57 Å². The zero-order chi connectivity index (χ0) is 11.9. The van der Waals surface area contributed by atoms with Crippen LogP contribution in [-0.2, 0) is 9.53 Å². The number of carboxylic acid groups (broad SMARTS) is 1. The molecule has 0 amide bonds. The van der Waals surface area contributed by atoms with Crippen LogP contribution in [0.1, 0.15) is 0 Å². The molecule has 5 heteroatoms. The van der Waals surface area contributed by atoms with Crippen molar-refractivity contribution in [3.63, 3.8) is 0 Å². The van der Waals surface area contributed by atoms with Gasteiger partial charge in [-0.1, -0.05) is 13.2 Å². The number of fused-ring (bicyclic) bond motifs is 1. The molecule has 84 valence electrons. The molecule has 0 aromatic carbocycles. The summed E-state index contributed by atoms with van der Waals surface area (Å²) in [5, 5.41) is 12.5. The summed E-state index contributed by atoms with van der Waals surface area (Å²) in [5.74, 6) is -1.01. The second kappa shape index (κ2) is 3.53. The molecule has 5 nitrogen and oxygen atoms in total. The minimum absolute atomic E-state index is 0.149. The molecule has 0 aromatic rings. The number of rotatable bonds is 1. The first kappa shape index (κ1) is 10.5. The highest BCUT2D eigenvalue weighted by molar-refractivity contribution is 5.94. The predicted octanol–water partition coefficient (Wildman–Crippen LogP) is 1.06. The molecule has 1 N–H and O–H groups in total. The number of aliphatic carboxylic acids is 1. The Balaban J connectivity index is 2.51. The van der Waals surface area contributed by atoms with Crippen molar-refractivity contribution in [1.29, 1.82) is 0 Å². The fourth-order valence-electron chi connectivity index (χ4n) is 1.60. The average Bonchev–Trinajstić information content (AvgIpc) is 2.23. The van der Waals surface area contributed by atoms with Crippen molar-refractivity contribution < 1.29 is 14.6 Å². The topological polar surface area (TPSA) is 53.0 Å². The number of hydrazine groups is 1. The second-order valence-electron chi connectivity index (χ2n) is 3.61. The minimum atomic E-state index is -1.01. The van der Waals surface area contributed by atoms with Gasteiger partial charge in [0, 0.05) is 18.8 Å². The van der Waals surface area contributed by atoms with E-state index in [9.17, 15) is 4.79 Å². The molecule has 2 heterocycles. The smallest absolute Gasteiger partial charge is 0.337 e. The van der Waals surface area contributed by atoms with Crippen molar-refractivity contribution in [3.05, 3.63) is 48.0 Å². The summed E-state index contributed by atoms with van der Waals surface area (Å²) in [4.78, 5) is 11.0. The number of carbonyl (C=O) groups is 1. The van der Waals surface area contributed by atoms with Crippen LogP contribution in [0.4, 0.5) is 0 Å². The van der Waals surface area contributed by atoms with Crippen LogP contribution in [-0.4, -0.2) is 34.9 Å². The summed E-state index contributed by atoms with van der Waals surface area (Å²) in [6.45, 7) is 7.92. The Morgan fingerprint density at radius 2 is 2.19 bits per heavy atom. The Kier molecular flexibility index (Phi) is 2.32. The first-order valence-corrected chi connectivity index (χ1v) is 4.68. The molecule has 0 unspecified atom stereocenters. The lowest BCUT2D eigenvalue weighted by molar-refractivity contribution is -0.132. The normalized spacial score (nSPS) is 20.9. The maximum absolute atomic E-state index is 11.0. The monoisotopic (exact) mass is 220 g/mol. The largest absolute Gasteiger partial charge is 0.482 e. The van der Waals surface area contributed by atoms with E-state index in [1.807, 2.05) is 0 Å². The number of hydrogen-bond donors (Lipinski definition) is 1. The third kappa shape index (κ3) is 1.42. The van der Waals surface area contributed by atoms with Gasteiger partial charge >= 0.3 is 5.97 Å². The predicted molar refractivity (Wildman–Crippen MR) is 57.6 cm³/mol. The molecule has 0 saturated carbocycles. The molecular weight excluding hydrogens is 208 g/mol. The summed E-state index contributed by atoms with van der Waals surface area (Å²) in [7, 11) is 1.80. The van der Waals surface area contributed by atoms with Crippen molar-refractivity contribution in [2.75, 3.05) is 13.8 Å². The van der Waals surface area contributed by atoms with Crippen LogP contribution in [0, 0.1) is 0 Å². The lowest BCUT2D eigenvalue weighted by Crippen LogP contribution is -2.42. The van der Waals surface area contributed by atoms with E-state index in [0.29, 0.717) is 23.6 Å². The van der Waals surface area contributed by atoms with Gasteiger partial charge < -0.3 is 9.84 Å². The van der Waals surface area contributed by atoms with Crippen LogP contribution in [0.5, 0.6) is 0 Å². The van der Waals surface area contributed by atoms with E-state index in [1.54, 1.807) is 23.3 Å². The number of hydrogen-bond acceptors (Lipinski definition) is 4. The molecule has 0 bridgehead atoms. The van der Waals surface area contributed by atoms with Crippen molar-refractivity contribution in [2.45, 2.75) is 0 Å². The number of carboxylic acids is 1. The number of nitrogens with zero attached hydrogens (tertiary/aromatic N) is 2. The maximum atomic E-state index is 11.0.